The number of benzene rings is 3. The van der Waals surface area contributed by atoms with E-state index in [0.29, 0.717) is 22.3 Å². The van der Waals surface area contributed by atoms with Crippen molar-refractivity contribution in [1.82, 2.24) is 9.55 Å². The molecule has 4 rings (SSSR count). The zero-order valence-corrected chi connectivity index (χ0v) is 14.8. The number of hydrogen-bond acceptors (Lipinski definition) is 3. The lowest BCUT2D eigenvalue weighted by atomic mass is 10.1. The van der Waals surface area contributed by atoms with Crippen LogP contribution in [0.2, 0.25) is 0 Å². The first-order chi connectivity index (χ1) is 13.1. The van der Waals surface area contributed by atoms with Gasteiger partial charge in [0.25, 0.3) is 5.56 Å². The number of para-hydroxylation sites is 2. The minimum Gasteiger partial charge on any atom is -0.507 e. The Morgan fingerprint density at radius 1 is 0.926 bits per heavy atom. The molecule has 0 saturated heterocycles. The molecule has 0 bridgehead atoms. The predicted molar refractivity (Wildman–Crippen MR) is 109 cm³/mol. The summed E-state index contributed by atoms with van der Waals surface area (Å²) in [4.78, 5) is 17.9. The summed E-state index contributed by atoms with van der Waals surface area (Å²) in [5, 5.41) is 10.6. The molecule has 0 amide bonds. The lowest BCUT2D eigenvalue weighted by Crippen LogP contribution is -2.22. The highest BCUT2D eigenvalue weighted by Crippen LogP contribution is 2.20. The first-order valence-corrected chi connectivity index (χ1v) is 8.68. The fraction of sp³-hybridized carbons (Fsp3) is 0.0435. The molecule has 4 heteroatoms. The van der Waals surface area contributed by atoms with Crippen LogP contribution in [0.4, 0.5) is 0 Å². The van der Waals surface area contributed by atoms with Crippen molar-refractivity contribution in [3.63, 3.8) is 0 Å². The van der Waals surface area contributed by atoms with Crippen LogP contribution >= 0.6 is 0 Å². The van der Waals surface area contributed by atoms with Gasteiger partial charge in [-0.3, -0.25) is 9.36 Å². The molecule has 4 aromatic rings. The van der Waals surface area contributed by atoms with E-state index >= 15 is 0 Å². The van der Waals surface area contributed by atoms with Crippen LogP contribution in [0.25, 0.3) is 28.7 Å². The second kappa shape index (κ2) is 6.92. The Hall–Kier alpha value is -3.66. The van der Waals surface area contributed by atoms with E-state index in [1.165, 1.54) is 0 Å². The molecule has 0 unspecified atom stereocenters. The number of aromatic nitrogens is 2. The molecule has 0 atom stereocenters. The summed E-state index contributed by atoms with van der Waals surface area (Å²) in [6, 6.07) is 22.1. The maximum Gasteiger partial charge on any atom is 0.266 e. The third-order valence-electron chi connectivity index (χ3n) is 4.41. The van der Waals surface area contributed by atoms with Gasteiger partial charge in [-0.05, 0) is 55.0 Å². The SMILES string of the molecule is Cc1cccc(-n2c(/C=C/c3ccccc3O)nc3ccccc3c2=O)c1. The van der Waals surface area contributed by atoms with Crippen LogP contribution in [0, 0.1) is 6.92 Å². The lowest BCUT2D eigenvalue weighted by molar-refractivity contribution is 0.474. The zero-order chi connectivity index (χ0) is 18.8. The third-order valence-corrected chi connectivity index (χ3v) is 4.41. The quantitative estimate of drug-likeness (QED) is 0.586. The summed E-state index contributed by atoms with van der Waals surface area (Å²) in [6.07, 6.45) is 3.52. The van der Waals surface area contributed by atoms with Gasteiger partial charge in [0.15, 0.2) is 0 Å². The molecule has 0 aliphatic heterocycles. The lowest BCUT2D eigenvalue weighted by Gasteiger charge is -2.12. The molecule has 1 aromatic heterocycles. The highest BCUT2D eigenvalue weighted by molar-refractivity contribution is 5.80. The van der Waals surface area contributed by atoms with Crippen LogP contribution in [0.3, 0.4) is 0 Å². The van der Waals surface area contributed by atoms with Crippen molar-refractivity contribution in [2.75, 3.05) is 0 Å². The fourth-order valence-electron chi connectivity index (χ4n) is 3.07. The Bertz CT molecular complexity index is 1220. The Morgan fingerprint density at radius 2 is 1.70 bits per heavy atom. The average Bonchev–Trinajstić information content (AvgIpc) is 2.67. The predicted octanol–water partition coefficient (Wildman–Crippen LogP) is 4.57. The molecule has 0 saturated carbocycles. The van der Waals surface area contributed by atoms with Crippen molar-refractivity contribution in [3.8, 4) is 11.4 Å². The molecule has 1 N–H and O–H groups in total. The van der Waals surface area contributed by atoms with Gasteiger partial charge in [-0.25, -0.2) is 4.98 Å². The standard InChI is InChI=1S/C23H18N2O2/c1-16-7-6-9-18(15-16)25-22(14-13-17-8-2-5-12-21(17)26)24-20-11-4-3-10-19(20)23(25)27/h2-15,26H,1H3/b14-13+. The number of hydrogen-bond donors (Lipinski definition) is 1. The minimum atomic E-state index is -0.122. The van der Waals surface area contributed by atoms with Crippen molar-refractivity contribution < 1.29 is 5.11 Å². The van der Waals surface area contributed by atoms with Crippen molar-refractivity contribution in [2.45, 2.75) is 6.92 Å². The summed E-state index contributed by atoms with van der Waals surface area (Å²) in [7, 11) is 0. The van der Waals surface area contributed by atoms with Gasteiger partial charge in [0.05, 0.1) is 16.6 Å². The first kappa shape index (κ1) is 16.8. The summed E-state index contributed by atoms with van der Waals surface area (Å²) in [6.45, 7) is 1.99. The molecule has 132 valence electrons. The summed E-state index contributed by atoms with van der Waals surface area (Å²) < 4.78 is 1.60. The largest absolute Gasteiger partial charge is 0.507 e. The molecule has 0 fully saturated rings. The molecule has 0 aliphatic rings. The molecule has 0 aliphatic carbocycles. The molecule has 1 heterocycles. The monoisotopic (exact) mass is 354 g/mol. The Kier molecular flexibility index (Phi) is 4.30. The van der Waals surface area contributed by atoms with Crippen LogP contribution in [0.1, 0.15) is 17.0 Å². The molecule has 0 radical (unpaired) electrons. The van der Waals surface area contributed by atoms with Crippen LogP contribution in [0.5, 0.6) is 5.75 Å². The first-order valence-electron chi connectivity index (χ1n) is 8.68. The van der Waals surface area contributed by atoms with E-state index in [9.17, 15) is 9.90 Å². The van der Waals surface area contributed by atoms with Crippen molar-refractivity contribution in [3.05, 3.63) is 100 Å². The number of fused-ring (bicyclic) bond motifs is 1. The summed E-state index contributed by atoms with van der Waals surface area (Å²) in [5.41, 5.74) is 3.00. The minimum absolute atomic E-state index is 0.122. The molecule has 0 spiro atoms. The van der Waals surface area contributed by atoms with E-state index in [-0.39, 0.29) is 11.3 Å². The van der Waals surface area contributed by atoms with E-state index in [1.807, 2.05) is 61.5 Å². The Balaban J connectivity index is 1.97. The maximum absolute atomic E-state index is 13.2. The van der Waals surface area contributed by atoms with Gasteiger partial charge in [0.2, 0.25) is 0 Å². The van der Waals surface area contributed by atoms with Gasteiger partial charge in [-0.15, -0.1) is 0 Å². The molecule has 3 aromatic carbocycles. The van der Waals surface area contributed by atoms with Gasteiger partial charge in [-0.1, -0.05) is 42.5 Å². The van der Waals surface area contributed by atoms with E-state index in [4.69, 9.17) is 0 Å². The molecule has 4 nitrogen and oxygen atoms in total. The number of phenolic OH excluding ortho intramolecular Hbond substituents is 1. The number of rotatable bonds is 3. The Labute approximate surface area is 156 Å². The smallest absolute Gasteiger partial charge is 0.266 e. The highest BCUT2D eigenvalue weighted by Gasteiger charge is 2.11. The Morgan fingerprint density at radius 3 is 2.52 bits per heavy atom. The van der Waals surface area contributed by atoms with Gasteiger partial charge < -0.3 is 5.11 Å². The normalized spacial score (nSPS) is 11.3. The molecular formula is C23H18N2O2. The van der Waals surface area contributed by atoms with Crippen LogP contribution in [-0.2, 0) is 0 Å². The van der Waals surface area contributed by atoms with Crippen molar-refractivity contribution in [2.24, 2.45) is 0 Å². The highest BCUT2D eigenvalue weighted by atomic mass is 16.3. The number of phenols is 1. The topological polar surface area (TPSA) is 55.1 Å². The van der Waals surface area contributed by atoms with Gasteiger partial charge in [-0.2, -0.15) is 0 Å². The maximum atomic E-state index is 13.2. The average molecular weight is 354 g/mol. The van der Waals surface area contributed by atoms with E-state index in [0.717, 1.165) is 11.3 Å². The number of aromatic hydroxyl groups is 1. The van der Waals surface area contributed by atoms with Crippen LogP contribution in [0.15, 0.2) is 77.6 Å². The summed E-state index contributed by atoms with van der Waals surface area (Å²) in [5.74, 6) is 0.687. The molecule has 27 heavy (non-hydrogen) atoms. The van der Waals surface area contributed by atoms with Crippen LogP contribution < -0.4 is 5.56 Å². The number of nitrogens with zero attached hydrogens (tertiary/aromatic N) is 2. The zero-order valence-electron chi connectivity index (χ0n) is 14.8. The van der Waals surface area contributed by atoms with Gasteiger partial charge in [0.1, 0.15) is 11.6 Å². The van der Waals surface area contributed by atoms with E-state index in [1.54, 1.807) is 34.9 Å². The second-order valence-corrected chi connectivity index (χ2v) is 6.36. The summed E-state index contributed by atoms with van der Waals surface area (Å²) >= 11 is 0. The van der Waals surface area contributed by atoms with Crippen molar-refractivity contribution >= 4 is 23.1 Å². The van der Waals surface area contributed by atoms with Crippen LogP contribution in [-0.4, -0.2) is 14.7 Å². The van der Waals surface area contributed by atoms with E-state index in [2.05, 4.69) is 4.98 Å². The fourth-order valence-corrected chi connectivity index (χ4v) is 3.07. The molecular weight excluding hydrogens is 336 g/mol. The second-order valence-electron chi connectivity index (χ2n) is 6.36. The third kappa shape index (κ3) is 3.25. The van der Waals surface area contributed by atoms with Gasteiger partial charge in [0, 0.05) is 5.56 Å². The van der Waals surface area contributed by atoms with Crippen molar-refractivity contribution in [1.29, 1.82) is 0 Å². The van der Waals surface area contributed by atoms with Gasteiger partial charge >= 0.3 is 0 Å². The number of aryl methyl sites for hydroxylation is 1. The van der Waals surface area contributed by atoms with E-state index < -0.39 is 0 Å².